The fraction of sp³-hybridized carbons (Fsp3) is 0.867. The lowest BCUT2D eigenvalue weighted by Crippen LogP contribution is -2.52. The molecule has 0 radical (unpaired) electrons. The zero-order valence-corrected chi connectivity index (χ0v) is 15.6. The lowest BCUT2D eigenvalue weighted by Gasteiger charge is -2.35. The quantitative estimate of drug-likeness (QED) is 0.762. The summed E-state index contributed by atoms with van der Waals surface area (Å²) >= 11 is 0. The minimum atomic E-state index is 0. The number of hydrogen-bond donors (Lipinski definition) is 2. The van der Waals surface area contributed by atoms with E-state index < -0.39 is 0 Å². The number of carbonyl (C=O) groups excluding carboxylic acids is 2. The molecule has 2 atom stereocenters. The van der Waals surface area contributed by atoms with Gasteiger partial charge >= 0.3 is 0 Å². The summed E-state index contributed by atoms with van der Waals surface area (Å²) in [5, 5.41) is 2.90. The van der Waals surface area contributed by atoms with Gasteiger partial charge in [-0.1, -0.05) is 0 Å². The standard InChI is InChI=1S/C15H28N4O2.2ClH/c1-11(2)17-14(20)10-18-5-7-19(8-6-18)15(21)12-3-4-13(16)9-12;;/h11-13H,3-10,16H2,1-2H3,(H,17,20);2*1H. The molecule has 1 saturated heterocycles. The molecule has 0 aromatic heterocycles. The Morgan fingerprint density at radius 3 is 2.22 bits per heavy atom. The molecule has 2 unspecified atom stereocenters. The molecule has 1 heterocycles. The highest BCUT2D eigenvalue weighted by Crippen LogP contribution is 2.26. The molecule has 6 nitrogen and oxygen atoms in total. The van der Waals surface area contributed by atoms with Crippen molar-refractivity contribution >= 4 is 36.6 Å². The SMILES string of the molecule is CC(C)NC(=O)CN1CCN(C(=O)C2CCC(N)C2)CC1.Cl.Cl. The number of nitrogens with two attached hydrogens (primary N) is 1. The molecule has 136 valence electrons. The molecule has 3 N–H and O–H groups in total. The predicted molar refractivity (Wildman–Crippen MR) is 96.1 cm³/mol. The van der Waals surface area contributed by atoms with E-state index >= 15 is 0 Å². The van der Waals surface area contributed by atoms with Gasteiger partial charge in [0.25, 0.3) is 0 Å². The third-order valence-electron chi connectivity index (χ3n) is 4.32. The van der Waals surface area contributed by atoms with Crippen molar-refractivity contribution < 1.29 is 9.59 Å². The average Bonchev–Trinajstić information content (AvgIpc) is 2.84. The van der Waals surface area contributed by atoms with Crippen molar-refractivity contribution in [2.24, 2.45) is 11.7 Å². The van der Waals surface area contributed by atoms with Crippen molar-refractivity contribution in [1.82, 2.24) is 15.1 Å². The Morgan fingerprint density at radius 1 is 1.13 bits per heavy atom. The summed E-state index contributed by atoms with van der Waals surface area (Å²) in [6, 6.07) is 0.368. The van der Waals surface area contributed by atoms with Crippen LogP contribution < -0.4 is 11.1 Å². The van der Waals surface area contributed by atoms with Gasteiger partial charge in [0, 0.05) is 44.2 Å². The fourth-order valence-corrected chi connectivity index (χ4v) is 3.20. The minimum Gasteiger partial charge on any atom is -0.353 e. The molecule has 0 bridgehead atoms. The number of rotatable bonds is 4. The number of nitrogens with zero attached hydrogens (tertiary/aromatic N) is 2. The van der Waals surface area contributed by atoms with Crippen LogP contribution in [0.3, 0.4) is 0 Å². The number of hydrogen-bond acceptors (Lipinski definition) is 4. The number of nitrogens with one attached hydrogen (secondary N) is 1. The molecular formula is C15H30Cl2N4O2. The van der Waals surface area contributed by atoms with E-state index in [0.29, 0.717) is 6.54 Å². The van der Waals surface area contributed by atoms with Crippen molar-refractivity contribution in [2.75, 3.05) is 32.7 Å². The van der Waals surface area contributed by atoms with Crippen LogP contribution in [0.25, 0.3) is 0 Å². The molecule has 0 aromatic carbocycles. The van der Waals surface area contributed by atoms with Gasteiger partial charge < -0.3 is 16.0 Å². The summed E-state index contributed by atoms with van der Waals surface area (Å²) in [7, 11) is 0. The molecule has 2 aliphatic rings. The second-order valence-corrected chi connectivity index (χ2v) is 6.59. The van der Waals surface area contributed by atoms with Gasteiger partial charge in [0.15, 0.2) is 0 Å². The topological polar surface area (TPSA) is 78.7 Å². The zero-order valence-electron chi connectivity index (χ0n) is 14.0. The summed E-state index contributed by atoms with van der Waals surface area (Å²) in [6.07, 6.45) is 2.72. The average molecular weight is 369 g/mol. The van der Waals surface area contributed by atoms with Crippen molar-refractivity contribution in [3.05, 3.63) is 0 Å². The van der Waals surface area contributed by atoms with Crippen LogP contribution in [-0.2, 0) is 9.59 Å². The van der Waals surface area contributed by atoms with E-state index in [4.69, 9.17) is 5.73 Å². The van der Waals surface area contributed by atoms with Crippen LogP contribution in [0.4, 0.5) is 0 Å². The maximum Gasteiger partial charge on any atom is 0.234 e. The maximum atomic E-state index is 12.4. The van der Waals surface area contributed by atoms with Gasteiger partial charge in [-0.25, -0.2) is 0 Å². The Labute approximate surface area is 151 Å². The molecule has 1 saturated carbocycles. The van der Waals surface area contributed by atoms with Gasteiger partial charge in [0.05, 0.1) is 6.54 Å². The number of halogens is 2. The highest BCUT2D eigenvalue weighted by molar-refractivity contribution is 5.85. The predicted octanol–water partition coefficient (Wildman–Crippen LogP) is 0.626. The van der Waals surface area contributed by atoms with Crippen molar-refractivity contribution in [3.8, 4) is 0 Å². The molecule has 1 aliphatic carbocycles. The van der Waals surface area contributed by atoms with Crippen molar-refractivity contribution in [1.29, 1.82) is 0 Å². The number of piperazine rings is 1. The molecule has 2 rings (SSSR count). The lowest BCUT2D eigenvalue weighted by atomic mass is 10.1. The molecule has 23 heavy (non-hydrogen) atoms. The Hall–Kier alpha value is -0.560. The van der Waals surface area contributed by atoms with E-state index in [1.165, 1.54) is 0 Å². The first-order chi connectivity index (χ1) is 9.95. The normalized spacial score (nSPS) is 24.8. The Kier molecular flexibility index (Phi) is 10.1. The first-order valence-corrected chi connectivity index (χ1v) is 8.01. The van der Waals surface area contributed by atoms with Crippen molar-refractivity contribution in [2.45, 2.75) is 45.2 Å². The fourth-order valence-electron chi connectivity index (χ4n) is 3.20. The summed E-state index contributed by atoms with van der Waals surface area (Å²) in [5.41, 5.74) is 5.89. The second-order valence-electron chi connectivity index (χ2n) is 6.59. The first-order valence-electron chi connectivity index (χ1n) is 8.01. The molecular weight excluding hydrogens is 339 g/mol. The van der Waals surface area contributed by atoms with E-state index in [1.807, 2.05) is 18.7 Å². The maximum absolute atomic E-state index is 12.4. The summed E-state index contributed by atoms with van der Waals surface area (Å²) in [6.45, 7) is 7.33. The van der Waals surface area contributed by atoms with E-state index in [0.717, 1.165) is 45.4 Å². The van der Waals surface area contributed by atoms with Crippen LogP contribution in [0.1, 0.15) is 33.1 Å². The van der Waals surface area contributed by atoms with Gasteiger partial charge in [-0.15, -0.1) is 24.8 Å². The van der Waals surface area contributed by atoms with Crippen LogP contribution in [0, 0.1) is 5.92 Å². The van der Waals surface area contributed by atoms with E-state index in [2.05, 4.69) is 10.2 Å². The molecule has 2 fully saturated rings. The Bertz CT molecular complexity index is 388. The second kappa shape index (κ2) is 10.3. The van der Waals surface area contributed by atoms with E-state index in [9.17, 15) is 9.59 Å². The van der Waals surface area contributed by atoms with Crippen LogP contribution in [-0.4, -0.2) is 66.4 Å². The van der Waals surface area contributed by atoms with E-state index in [1.54, 1.807) is 0 Å². The summed E-state index contributed by atoms with van der Waals surface area (Å²) in [4.78, 5) is 28.2. The van der Waals surface area contributed by atoms with Gasteiger partial charge in [0.2, 0.25) is 11.8 Å². The molecule has 0 spiro atoms. The molecule has 1 aliphatic heterocycles. The number of amides is 2. The molecule has 8 heteroatoms. The van der Waals surface area contributed by atoms with Gasteiger partial charge in [-0.3, -0.25) is 14.5 Å². The summed E-state index contributed by atoms with van der Waals surface area (Å²) in [5.74, 6) is 0.441. The lowest BCUT2D eigenvalue weighted by molar-refractivity contribution is -0.137. The third kappa shape index (κ3) is 6.83. The van der Waals surface area contributed by atoms with Crippen LogP contribution in [0.2, 0.25) is 0 Å². The minimum absolute atomic E-state index is 0. The highest BCUT2D eigenvalue weighted by atomic mass is 35.5. The number of carbonyl (C=O) groups is 2. The highest BCUT2D eigenvalue weighted by Gasteiger charge is 2.32. The summed E-state index contributed by atoms with van der Waals surface area (Å²) < 4.78 is 0. The monoisotopic (exact) mass is 368 g/mol. The van der Waals surface area contributed by atoms with Crippen LogP contribution in [0.5, 0.6) is 0 Å². The molecule has 0 aromatic rings. The zero-order chi connectivity index (χ0) is 15.4. The van der Waals surface area contributed by atoms with Crippen LogP contribution in [0.15, 0.2) is 0 Å². The van der Waals surface area contributed by atoms with Crippen LogP contribution >= 0.6 is 24.8 Å². The molecule has 2 amide bonds. The third-order valence-corrected chi connectivity index (χ3v) is 4.32. The largest absolute Gasteiger partial charge is 0.353 e. The van der Waals surface area contributed by atoms with Gasteiger partial charge in [-0.05, 0) is 33.1 Å². The Balaban J connectivity index is 0.00000242. The Morgan fingerprint density at radius 2 is 1.74 bits per heavy atom. The smallest absolute Gasteiger partial charge is 0.234 e. The van der Waals surface area contributed by atoms with E-state index in [-0.39, 0.29) is 54.6 Å². The van der Waals surface area contributed by atoms with Gasteiger partial charge in [-0.2, -0.15) is 0 Å². The van der Waals surface area contributed by atoms with Gasteiger partial charge in [0.1, 0.15) is 0 Å². The first kappa shape index (κ1) is 22.4. The van der Waals surface area contributed by atoms with Crippen molar-refractivity contribution in [3.63, 3.8) is 0 Å².